The molecule has 0 radical (unpaired) electrons. The number of aryl methyl sites for hydroxylation is 1. The van der Waals surface area contributed by atoms with Gasteiger partial charge in [-0.2, -0.15) is 5.10 Å². The fourth-order valence-corrected chi connectivity index (χ4v) is 2.81. The molecule has 2 N–H and O–H groups in total. The molecule has 1 unspecified atom stereocenters. The molecule has 0 saturated carbocycles. The summed E-state index contributed by atoms with van der Waals surface area (Å²) in [5.41, 5.74) is 7.86. The standard InChI is InChI=1S/C16H20BrN3O/c1-2-10-20-16(13(17)11-19-20)15(21)9-8-14(18)12-6-4-3-5-7-12/h3-7,11,14H,2,8-10,18H2,1H3. The molecule has 0 fully saturated rings. The molecule has 0 bridgehead atoms. The van der Waals surface area contributed by atoms with Gasteiger partial charge in [0.05, 0.1) is 10.7 Å². The van der Waals surface area contributed by atoms with E-state index in [1.54, 1.807) is 10.9 Å². The minimum absolute atomic E-state index is 0.0826. The Kier molecular flexibility index (Phi) is 5.70. The van der Waals surface area contributed by atoms with Gasteiger partial charge >= 0.3 is 0 Å². The number of benzene rings is 1. The van der Waals surface area contributed by atoms with Crippen LogP contribution in [0.3, 0.4) is 0 Å². The topological polar surface area (TPSA) is 60.9 Å². The second-order valence-corrected chi connectivity index (χ2v) is 5.90. The second-order valence-electron chi connectivity index (χ2n) is 5.04. The van der Waals surface area contributed by atoms with Crippen LogP contribution >= 0.6 is 15.9 Å². The molecule has 0 spiro atoms. The molecule has 2 rings (SSSR count). The molecule has 1 atom stereocenters. The maximum atomic E-state index is 12.4. The first-order valence-corrected chi connectivity index (χ1v) is 7.97. The molecule has 0 saturated heterocycles. The fourth-order valence-electron chi connectivity index (χ4n) is 2.29. The van der Waals surface area contributed by atoms with Crippen molar-refractivity contribution in [1.82, 2.24) is 9.78 Å². The van der Waals surface area contributed by atoms with E-state index in [2.05, 4.69) is 28.0 Å². The lowest BCUT2D eigenvalue weighted by atomic mass is 10.0. The quantitative estimate of drug-likeness (QED) is 0.774. The molecule has 0 amide bonds. The van der Waals surface area contributed by atoms with E-state index in [1.165, 1.54) is 0 Å². The van der Waals surface area contributed by atoms with Gasteiger partial charge in [0, 0.05) is 19.0 Å². The highest BCUT2D eigenvalue weighted by molar-refractivity contribution is 9.10. The number of nitrogens with two attached hydrogens (primary N) is 1. The first-order valence-electron chi connectivity index (χ1n) is 7.18. The largest absolute Gasteiger partial charge is 0.324 e. The maximum absolute atomic E-state index is 12.4. The van der Waals surface area contributed by atoms with E-state index in [0.717, 1.165) is 23.0 Å². The highest BCUT2D eigenvalue weighted by Gasteiger charge is 2.18. The van der Waals surface area contributed by atoms with Crippen molar-refractivity contribution >= 4 is 21.7 Å². The van der Waals surface area contributed by atoms with Gasteiger partial charge in [-0.25, -0.2) is 0 Å². The number of Topliss-reactive ketones (excluding diaryl/α,β-unsaturated/α-hetero) is 1. The summed E-state index contributed by atoms with van der Waals surface area (Å²) in [7, 11) is 0. The Morgan fingerprint density at radius 2 is 2.10 bits per heavy atom. The number of halogens is 1. The SMILES string of the molecule is CCCn1ncc(Br)c1C(=O)CCC(N)c1ccccc1. The molecule has 1 heterocycles. The third kappa shape index (κ3) is 4.02. The van der Waals surface area contributed by atoms with Crippen molar-refractivity contribution in [1.29, 1.82) is 0 Å². The van der Waals surface area contributed by atoms with E-state index >= 15 is 0 Å². The van der Waals surface area contributed by atoms with E-state index < -0.39 is 0 Å². The molecule has 4 nitrogen and oxygen atoms in total. The van der Waals surface area contributed by atoms with E-state index in [1.807, 2.05) is 30.3 Å². The smallest absolute Gasteiger partial charge is 0.182 e. The first-order chi connectivity index (χ1) is 10.1. The van der Waals surface area contributed by atoms with Crippen molar-refractivity contribution in [2.75, 3.05) is 0 Å². The summed E-state index contributed by atoms with van der Waals surface area (Å²) in [4.78, 5) is 12.4. The summed E-state index contributed by atoms with van der Waals surface area (Å²) in [5, 5.41) is 4.23. The molecule has 5 heteroatoms. The van der Waals surface area contributed by atoms with Gasteiger partial charge in [0.15, 0.2) is 5.78 Å². The molecule has 0 aliphatic heterocycles. The summed E-state index contributed by atoms with van der Waals surface area (Å²) in [6, 6.07) is 9.76. The molecule has 1 aromatic heterocycles. The van der Waals surface area contributed by atoms with Crippen LogP contribution in [0.25, 0.3) is 0 Å². The van der Waals surface area contributed by atoms with Crippen molar-refractivity contribution in [2.24, 2.45) is 5.73 Å². The lowest BCUT2D eigenvalue weighted by Crippen LogP contribution is -2.15. The van der Waals surface area contributed by atoms with Crippen molar-refractivity contribution in [3.05, 3.63) is 52.3 Å². The highest BCUT2D eigenvalue weighted by atomic mass is 79.9. The third-order valence-electron chi connectivity index (χ3n) is 3.40. The molecular weight excluding hydrogens is 330 g/mol. The van der Waals surface area contributed by atoms with Crippen LogP contribution in [0.15, 0.2) is 41.0 Å². The molecule has 112 valence electrons. The number of hydrogen-bond donors (Lipinski definition) is 1. The van der Waals surface area contributed by atoms with Gasteiger partial charge in [-0.1, -0.05) is 37.3 Å². The molecule has 21 heavy (non-hydrogen) atoms. The second kappa shape index (κ2) is 7.52. The first kappa shape index (κ1) is 15.9. The summed E-state index contributed by atoms with van der Waals surface area (Å²) < 4.78 is 2.52. The van der Waals surface area contributed by atoms with Crippen molar-refractivity contribution in [2.45, 2.75) is 38.8 Å². The van der Waals surface area contributed by atoms with Crippen molar-refractivity contribution in [3.8, 4) is 0 Å². The van der Waals surface area contributed by atoms with Gasteiger partial charge in [0.2, 0.25) is 0 Å². The zero-order chi connectivity index (χ0) is 15.2. The summed E-state index contributed by atoms with van der Waals surface area (Å²) in [6.45, 7) is 2.81. The number of ketones is 1. The van der Waals surface area contributed by atoms with Crippen LogP contribution in [-0.2, 0) is 6.54 Å². The Labute approximate surface area is 133 Å². The lowest BCUT2D eigenvalue weighted by molar-refractivity contribution is 0.0966. The van der Waals surface area contributed by atoms with Crippen LogP contribution in [-0.4, -0.2) is 15.6 Å². The van der Waals surface area contributed by atoms with Gasteiger partial charge in [-0.05, 0) is 34.3 Å². The summed E-state index contributed by atoms with van der Waals surface area (Å²) in [5.74, 6) is 0.0826. The van der Waals surface area contributed by atoms with Crippen LogP contribution in [0.2, 0.25) is 0 Å². The van der Waals surface area contributed by atoms with Gasteiger partial charge in [-0.3, -0.25) is 9.48 Å². The van der Waals surface area contributed by atoms with E-state index in [-0.39, 0.29) is 11.8 Å². The fraction of sp³-hybridized carbons (Fsp3) is 0.375. The number of rotatable bonds is 7. The predicted molar refractivity (Wildman–Crippen MR) is 87.2 cm³/mol. The van der Waals surface area contributed by atoms with Crippen molar-refractivity contribution < 1.29 is 4.79 Å². The Hall–Kier alpha value is -1.46. The van der Waals surface area contributed by atoms with Crippen LogP contribution in [0.4, 0.5) is 0 Å². The van der Waals surface area contributed by atoms with Gasteiger partial charge in [-0.15, -0.1) is 0 Å². The van der Waals surface area contributed by atoms with Gasteiger partial charge in [0.1, 0.15) is 5.69 Å². The molecule has 0 aliphatic rings. The number of carbonyl (C=O) groups excluding carboxylic acids is 1. The molecule has 1 aromatic carbocycles. The Balaban J connectivity index is 2.00. The highest BCUT2D eigenvalue weighted by Crippen LogP contribution is 2.21. The normalized spacial score (nSPS) is 12.3. The lowest BCUT2D eigenvalue weighted by Gasteiger charge is -2.12. The van der Waals surface area contributed by atoms with Crippen LogP contribution in [0.1, 0.15) is 48.3 Å². The van der Waals surface area contributed by atoms with E-state index in [4.69, 9.17) is 5.73 Å². The van der Waals surface area contributed by atoms with Crippen LogP contribution in [0.5, 0.6) is 0 Å². The zero-order valence-corrected chi connectivity index (χ0v) is 13.7. The van der Waals surface area contributed by atoms with E-state index in [0.29, 0.717) is 18.5 Å². The molecule has 0 aliphatic carbocycles. The average Bonchev–Trinajstić information content (AvgIpc) is 2.86. The maximum Gasteiger partial charge on any atom is 0.182 e. The Morgan fingerprint density at radius 1 is 1.38 bits per heavy atom. The third-order valence-corrected chi connectivity index (χ3v) is 3.98. The number of hydrogen-bond acceptors (Lipinski definition) is 3. The van der Waals surface area contributed by atoms with Crippen molar-refractivity contribution in [3.63, 3.8) is 0 Å². The Bertz CT molecular complexity index is 595. The summed E-state index contributed by atoms with van der Waals surface area (Å²) in [6.07, 6.45) is 3.68. The number of aromatic nitrogens is 2. The molecular formula is C16H20BrN3O. The number of carbonyl (C=O) groups is 1. The predicted octanol–water partition coefficient (Wildman–Crippen LogP) is 3.72. The minimum atomic E-state index is -0.114. The minimum Gasteiger partial charge on any atom is -0.324 e. The zero-order valence-electron chi connectivity index (χ0n) is 12.1. The van der Waals surface area contributed by atoms with Gasteiger partial charge in [0.25, 0.3) is 0 Å². The molecule has 2 aromatic rings. The van der Waals surface area contributed by atoms with Crippen LogP contribution < -0.4 is 5.73 Å². The Morgan fingerprint density at radius 3 is 2.76 bits per heavy atom. The number of nitrogens with zero attached hydrogens (tertiary/aromatic N) is 2. The van der Waals surface area contributed by atoms with Crippen LogP contribution in [0, 0.1) is 0 Å². The van der Waals surface area contributed by atoms with Gasteiger partial charge < -0.3 is 5.73 Å². The van der Waals surface area contributed by atoms with E-state index in [9.17, 15) is 4.79 Å². The summed E-state index contributed by atoms with van der Waals surface area (Å²) >= 11 is 3.40. The monoisotopic (exact) mass is 349 g/mol. The average molecular weight is 350 g/mol.